The van der Waals surface area contributed by atoms with Crippen molar-refractivity contribution in [1.29, 1.82) is 0 Å². The van der Waals surface area contributed by atoms with E-state index in [-0.39, 0.29) is 31.3 Å². The second-order valence-corrected chi connectivity index (χ2v) is 24.0. The van der Waals surface area contributed by atoms with Crippen LogP contribution in [0.4, 0.5) is 0 Å². The molecule has 0 aliphatic heterocycles. The van der Waals surface area contributed by atoms with Crippen molar-refractivity contribution in [3.63, 3.8) is 0 Å². The SMILES string of the molecule is CCCCC/C=C\C/C=C\C/C=C\CCCCCCCCCCCCC(=O)OC(/C=C\CCCCCCCCCCC)C(COP(=O)([O-])OCC[N+](C)(C)C)NC(=O)CCCCC/C=C/C=C/CCCCCCCCC. The number of ether oxygens (including phenoxy) is 1. The summed E-state index contributed by atoms with van der Waals surface area (Å²) in [7, 11) is 1.16. The topological polar surface area (TPSA) is 114 Å². The van der Waals surface area contributed by atoms with E-state index < -0.39 is 26.6 Å². The zero-order valence-electron chi connectivity index (χ0n) is 50.4. The fourth-order valence-corrected chi connectivity index (χ4v) is 9.65. The van der Waals surface area contributed by atoms with Gasteiger partial charge in [-0.3, -0.25) is 14.2 Å². The number of likely N-dealkylation sites (N-methyl/N-ethyl adjacent to an activating group) is 1. The largest absolute Gasteiger partial charge is 0.756 e. The molecular weight excluding hydrogens is 964 g/mol. The van der Waals surface area contributed by atoms with Gasteiger partial charge in [-0.05, 0) is 96.0 Å². The summed E-state index contributed by atoms with van der Waals surface area (Å²) in [6.45, 7) is 6.79. The molecule has 0 rings (SSSR count). The molecule has 442 valence electrons. The van der Waals surface area contributed by atoms with Crippen LogP contribution in [-0.4, -0.2) is 69.4 Å². The number of hydrogen-bond donors (Lipinski definition) is 1. The van der Waals surface area contributed by atoms with Crippen LogP contribution in [0.3, 0.4) is 0 Å². The van der Waals surface area contributed by atoms with E-state index in [9.17, 15) is 19.0 Å². The lowest BCUT2D eigenvalue weighted by Crippen LogP contribution is -2.47. The minimum absolute atomic E-state index is 0.0299. The highest BCUT2D eigenvalue weighted by atomic mass is 31.2. The maximum absolute atomic E-state index is 13.5. The van der Waals surface area contributed by atoms with Gasteiger partial charge in [-0.2, -0.15) is 0 Å². The van der Waals surface area contributed by atoms with E-state index in [2.05, 4.69) is 86.8 Å². The summed E-state index contributed by atoms with van der Waals surface area (Å²) in [5.41, 5.74) is 0. The molecule has 1 N–H and O–H groups in total. The van der Waals surface area contributed by atoms with Gasteiger partial charge in [-0.15, -0.1) is 0 Å². The molecule has 3 unspecified atom stereocenters. The first-order chi connectivity index (χ1) is 36.9. The molecule has 0 heterocycles. The summed E-state index contributed by atoms with van der Waals surface area (Å²) < 4.78 is 30.3. The van der Waals surface area contributed by atoms with Gasteiger partial charge in [0.05, 0.1) is 33.8 Å². The molecule has 10 heteroatoms. The summed E-state index contributed by atoms with van der Waals surface area (Å²) in [6, 6.07) is -0.905. The molecule has 76 heavy (non-hydrogen) atoms. The third kappa shape index (κ3) is 56.2. The van der Waals surface area contributed by atoms with Crippen LogP contribution < -0.4 is 10.2 Å². The Morgan fingerprint density at radius 3 is 1.32 bits per heavy atom. The van der Waals surface area contributed by atoms with Gasteiger partial charge in [0, 0.05) is 12.8 Å². The van der Waals surface area contributed by atoms with E-state index in [1.807, 2.05) is 33.3 Å². The van der Waals surface area contributed by atoms with Crippen LogP contribution in [0.25, 0.3) is 0 Å². The highest BCUT2D eigenvalue weighted by molar-refractivity contribution is 7.45. The first kappa shape index (κ1) is 73.5. The number of carbonyl (C=O) groups excluding carboxylic acids is 2. The van der Waals surface area contributed by atoms with Crippen LogP contribution in [0.5, 0.6) is 0 Å². The second-order valence-electron chi connectivity index (χ2n) is 22.6. The van der Waals surface area contributed by atoms with Crippen molar-refractivity contribution in [2.75, 3.05) is 40.9 Å². The van der Waals surface area contributed by atoms with Crippen molar-refractivity contribution in [3.8, 4) is 0 Å². The summed E-state index contributed by atoms with van der Waals surface area (Å²) in [5.74, 6) is -0.574. The van der Waals surface area contributed by atoms with E-state index >= 15 is 0 Å². The van der Waals surface area contributed by atoms with Gasteiger partial charge in [0.15, 0.2) is 0 Å². The third-order valence-electron chi connectivity index (χ3n) is 13.9. The summed E-state index contributed by atoms with van der Waals surface area (Å²) in [6.07, 6.45) is 71.6. The van der Waals surface area contributed by atoms with Crippen molar-refractivity contribution in [1.82, 2.24) is 5.32 Å². The average Bonchev–Trinajstić information content (AvgIpc) is 3.38. The molecule has 0 saturated heterocycles. The molecule has 0 saturated carbocycles. The Hall–Kier alpha value is -2.55. The number of carbonyl (C=O) groups is 2. The van der Waals surface area contributed by atoms with E-state index in [4.69, 9.17) is 13.8 Å². The molecule has 0 radical (unpaired) electrons. The Balaban J connectivity index is 5.20. The van der Waals surface area contributed by atoms with E-state index in [1.165, 1.54) is 154 Å². The van der Waals surface area contributed by atoms with Crippen molar-refractivity contribution >= 4 is 19.7 Å². The lowest BCUT2D eigenvalue weighted by Gasteiger charge is -2.30. The van der Waals surface area contributed by atoms with Gasteiger partial charge >= 0.3 is 5.97 Å². The average molecular weight is 1090 g/mol. The maximum atomic E-state index is 13.5. The summed E-state index contributed by atoms with van der Waals surface area (Å²) >= 11 is 0. The van der Waals surface area contributed by atoms with Crippen LogP contribution in [0, 0.1) is 0 Å². The predicted octanol–water partition coefficient (Wildman–Crippen LogP) is 19.0. The zero-order valence-corrected chi connectivity index (χ0v) is 51.3. The van der Waals surface area contributed by atoms with Crippen LogP contribution >= 0.6 is 7.82 Å². The lowest BCUT2D eigenvalue weighted by atomic mass is 10.0. The normalized spacial score (nSPS) is 14.1. The van der Waals surface area contributed by atoms with Crippen LogP contribution in [0.15, 0.2) is 72.9 Å². The number of hydrogen-bond acceptors (Lipinski definition) is 7. The molecule has 0 aromatic carbocycles. The third-order valence-corrected chi connectivity index (χ3v) is 14.9. The number of phosphoric acid groups is 1. The highest BCUT2D eigenvalue weighted by Crippen LogP contribution is 2.38. The maximum Gasteiger partial charge on any atom is 0.306 e. The number of amides is 1. The number of nitrogens with one attached hydrogen (secondary N) is 1. The first-order valence-electron chi connectivity index (χ1n) is 31.8. The fraction of sp³-hybridized carbons (Fsp3) is 0.788. The summed E-state index contributed by atoms with van der Waals surface area (Å²) in [4.78, 5) is 40.0. The molecular formula is C66H121N2O7P. The number of nitrogens with zero attached hydrogens (tertiary/aromatic N) is 1. The molecule has 0 spiro atoms. The van der Waals surface area contributed by atoms with Gasteiger partial charge < -0.3 is 28.5 Å². The molecule has 9 nitrogen and oxygen atoms in total. The highest BCUT2D eigenvalue weighted by Gasteiger charge is 2.27. The molecule has 0 bridgehead atoms. The Bertz CT molecular complexity index is 1530. The number of esters is 1. The molecule has 0 aliphatic carbocycles. The number of phosphoric ester groups is 1. The van der Waals surface area contributed by atoms with Crippen molar-refractivity contribution in [3.05, 3.63) is 72.9 Å². The van der Waals surface area contributed by atoms with Crippen LogP contribution in [-0.2, 0) is 27.9 Å². The van der Waals surface area contributed by atoms with Crippen LogP contribution in [0.2, 0.25) is 0 Å². The molecule has 0 aromatic rings. The minimum Gasteiger partial charge on any atom is -0.756 e. The van der Waals surface area contributed by atoms with E-state index in [1.54, 1.807) is 0 Å². The first-order valence-corrected chi connectivity index (χ1v) is 33.2. The van der Waals surface area contributed by atoms with E-state index in [0.29, 0.717) is 17.4 Å². The quantitative estimate of drug-likeness (QED) is 0.0161. The van der Waals surface area contributed by atoms with Gasteiger partial charge in [-0.25, -0.2) is 0 Å². The fourth-order valence-electron chi connectivity index (χ4n) is 8.93. The molecule has 3 atom stereocenters. The predicted molar refractivity (Wildman–Crippen MR) is 325 cm³/mol. The number of unbranched alkanes of at least 4 members (excludes halogenated alkanes) is 32. The Morgan fingerprint density at radius 1 is 0.474 bits per heavy atom. The van der Waals surface area contributed by atoms with E-state index in [0.717, 1.165) is 89.9 Å². The van der Waals surface area contributed by atoms with Crippen molar-refractivity contribution < 1.29 is 37.3 Å². The minimum atomic E-state index is -4.71. The van der Waals surface area contributed by atoms with Gasteiger partial charge in [0.1, 0.15) is 19.3 Å². The zero-order chi connectivity index (χ0) is 55.7. The molecule has 1 amide bonds. The van der Waals surface area contributed by atoms with Gasteiger partial charge in [0.25, 0.3) is 7.82 Å². The Kier molecular flexibility index (Phi) is 53.9. The number of allylic oxidation sites excluding steroid dienone is 11. The molecule has 0 fully saturated rings. The second kappa shape index (κ2) is 55.8. The number of quaternary nitrogens is 1. The monoisotopic (exact) mass is 1080 g/mol. The standard InChI is InChI=1S/C66H121N2O7P/c1-7-10-13-16-19-22-25-27-29-31-32-33-34-35-36-37-39-41-44-47-50-53-56-59-66(70)75-64(57-54-51-48-45-42-24-21-18-15-12-9-3)63(62-74-76(71,72)73-61-60-68(4,5)6)67-65(69)58-55-52-49-46-43-40-38-30-28-26-23-20-17-14-11-8-2/h19,22,27,29-30,32-33,38,40,43,54,57,63-64H,7-18,20-21,23-26,28,31,34-37,39,41-42,44-53,55-56,58-62H2,1-6H3,(H-,67,69,71,72)/b22-19-,29-27-,33-32-,38-30+,43-40+,57-54-. The molecule has 0 aliphatic rings. The lowest BCUT2D eigenvalue weighted by molar-refractivity contribution is -0.870. The summed E-state index contributed by atoms with van der Waals surface area (Å²) in [5, 5.41) is 3.01. The Labute approximate surface area is 470 Å². The van der Waals surface area contributed by atoms with Gasteiger partial charge in [0.2, 0.25) is 5.91 Å². The van der Waals surface area contributed by atoms with Gasteiger partial charge in [-0.1, -0.05) is 248 Å². The molecule has 0 aromatic heterocycles. The van der Waals surface area contributed by atoms with Crippen LogP contribution in [0.1, 0.15) is 284 Å². The smallest absolute Gasteiger partial charge is 0.306 e. The Morgan fingerprint density at radius 2 is 0.842 bits per heavy atom. The van der Waals surface area contributed by atoms with Crippen molar-refractivity contribution in [2.24, 2.45) is 0 Å². The number of rotatable bonds is 57. The van der Waals surface area contributed by atoms with Crippen molar-refractivity contribution in [2.45, 2.75) is 296 Å².